The molecular formula is C16H21N3O. The minimum absolute atomic E-state index is 0.349. The van der Waals surface area contributed by atoms with Gasteiger partial charge in [0.15, 0.2) is 0 Å². The van der Waals surface area contributed by atoms with Gasteiger partial charge in [-0.25, -0.2) is 4.98 Å². The Morgan fingerprint density at radius 1 is 1.25 bits per heavy atom. The van der Waals surface area contributed by atoms with E-state index in [1.165, 1.54) is 0 Å². The Kier molecular flexibility index (Phi) is 4.45. The fourth-order valence-corrected chi connectivity index (χ4v) is 2.12. The molecule has 0 amide bonds. The van der Waals surface area contributed by atoms with Crippen LogP contribution in [0.2, 0.25) is 0 Å². The SMILES string of the molecule is COc1cc(N(Cc2ccccc2N)C(C)C)ccn1. The largest absolute Gasteiger partial charge is 0.481 e. The van der Waals surface area contributed by atoms with Gasteiger partial charge in [-0.3, -0.25) is 0 Å². The fraction of sp³-hybridized carbons (Fsp3) is 0.312. The molecule has 20 heavy (non-hydrogen) atoms. The number of nitrogens with zero attached hydrogens (tertiary/aromatic N) is 2. The number of para-hydroxylation sites is 1. The van der Waals surface area contributed by atoms with Crippen molar-refractivity contribution < 1.29 is 4.74 Å². The van der Waals surface area contributed by atoms with E-state index in [0.717, 1.165) is 23.5 Å². The van der Waals surface area contributed by atoms with Crippen LogP contribution in [0.15, 0.2) is 42.6 Å². The number of rotatable bonds is 5. The molecule has 4 nitrogen and oxygen atoms in total. The van der Waals surface area contributed by atoms with E-state index in [4.69, 9.17) is 10.5 Å². The lowest BCUT2D eigenvalue weighted by Crippen LogP contribution is -2.30. The molecule has 0 bridgehead atoms. The van der Waals surface area contributed by atoms with Crippen LogP contribution in [0.4, 0.5) is 11.4 Å². The second-order valence-corrected chi connectivity index (χ2v) is 4.98. The summed E-state index contributed by atoms with van der Waals surface area (Å²) in [4.78, 5) is 6.42. The molecule has 0 aliphatic rings. The number of aromatic nitrogens is 1. The topological polar surface area (TPSA) is 51.4 Å². The molecule has 0 unspecified atom stereocenters. The number of nitrogens with two attached hydrogens (primary N) is 1. The normalized spacial score (nSPS) is 10.6. The molecule has 0 radical (unpaired) electrons. The molecule has 106 valence electrons. The first kappa shape index (κ1) is 14.2. The van der Waals surface area contributed by atoms with Gasteiger partial charge in [0, 0.05) is 36.2 Å². The maximum atomic E-state index is 6.04. The van der Waals surface area contributed by atoms with Crippen molar-refractivity contribution in [2.75, 3.05) is 17.7 Å². The van der Waals surface area contributed by atoms with E-state index in [0.29, 0.717) is 11.9 Å². The number of hydrogen-bond acceptors (Lipinski definition) is 4. The highest BCUT2D eigenvalue weighted by Gasteiger charge is 2.13. The van der Waals surface area contributed by atoms with Crippen LogP contribution in [-0.2, 0) is 6.54 Å². The van der Waals surface area contributed by atoms with Crippen molar-refractivity contribution in [3.8, 4) is 5.88 Å². The Morgan fingerprint density at radius 3 is 2.65 bits per heavy atom. The van der Waals surface area contributed by atoms with E-state index in [1.54, 1.807) is 13.3 Å². The van der Waals surface area contributed by atoms with Crippen LogP contribution in [-0.4, -0.2) is 18.1 Å². The van der Waals surface area contributed by atoms with Gasteiger partial charge in [-0.15, -0.1) is 0 Å². The number of nitrogen functional groups attached to an aromatic ring is 1. The van der Waals surface area contributed by atoms with Gasteiger partial charge in [0.2, 0.25) is 5.88 Å². The van der Waals surface area contributed by atoms with Crippen molar-refractivity contribution in [1.82, 2.24) is 4.98 Å². The summed E-state index contributed by atoms with van der Waals surface area (Å²) >= 11 is 0. The van der Waals surface area contributed by atoms with Crippen molar-refractivity contribution in [2.45, 2.75) is 26.4 Å². The van der Waals surface area contributed by atoms with Gasteiger partial charge in [-0.05, 0) is 31.5 Å². The zero-order valence-electron chi connectivity index (χ0n) is 12.2. The van der Waals surface area contributed by atoms with Gasteiger partial charge in [-0.2, -0.15) is 0 Å². The molecule has 1 heterocycles. The minimum atomic E-state index is 0.349. The maximum absolute atomic E-state index is 6.04. The van der Waals surface area contributed by atoms with Gasteiger partial charge in [-0.1, -0.05) is 18.2 Å². The summed E-state index contributed by atoms with van der Waals surface area (Å²) in [5.74, 6) is 0.620. The van der Waals surface area contributed by atoms with E-state index in [1.807, 2.05) is 30.3 Å². The van der Waals surface area contributed by atoms with Crippen LogP contribution >= 0.6 is 0 Å². The Bertz CT molecular complexity index is 569. The van der Waals surface area contributed by atoms with Crippen LogP contribution in [0.25, 0.3) is 0 Å². The molecule has 4 heteroatoms. The maximum Gasteiger partial charge on any atom is 0.214 e. The lowest BCUT2D eigenvalue weighted by atomic mass is 10.1. The highest BCUT2D eigenvalue weighted by molar-refractivity contribution is 5.53. The Labute approximate surface area is 120 Å². The molecule has 1 aromatic heterocycles. The van der Waals surface area contributed by atoms with Crippen LogP contribution in [0.3, 0.4) is 0 Å². The summed E-state index contributed by atoms with van der Waals surface area (Å²) < 4.78 is 5.20. The Balaban J connectivity index is 2.29. The smallest absolute Gasteiger partial charge is 0.214 e. The second-order valence-electron chi connectivity index (χ2n) is 4.98. The van der Waals surface area contributed by atoms with E-state index < -0.39 is 0 Å². The summed E-state index contributed by atoms with van der Waals surface area (Å²) in [6, 6.07) is 12.2. The number of ether oxygens (including phenoxy) is 1. The van der Waals surface area contributed by atoms with Gasteiger partial charge < -0.3 is 15.4 Å². The first-order valence-electron chi connectivity index (χ1n) is 6.72. The minimum Gasteiger partial charge on any atom is -0.481 e. The molecule has 2 aromatic rings. The Hall–Kier alpha value is -2.23. The van der Waals surface area contributed by atoms with Gasteiger partial charge in [0.25, 0.3) is 0 Å². The lowest BCUT2D eigenvalue weighted by Gasteiger charge is -2.29. The third-order valence-corrected chi connectivity index (χ3v) is 3.28. The predicted octanol–water partition coefficient (Wildman–Crippen LogP) is 3.09. The van der Waals surface area contributed by atoms with E-state index in [9.17, 15) is 0 Å². The zero-order chi connectivity index (χ0) is 14.5. The predicted molar refractivity (Wildman–Crippen MR) is 83.0 cm³/mol. The highest BCUT2D eigenvalue weighted by Crippen LogP contribution is 2.24. The molecule has 0 aliphatic carbocycles. The summed E-state index contributed by atoms with van der Waals surface area (Å²) in [6.07, 6.45) is 1.76. The number of methoxy groups -OCH3 is 1. The second kappa shape index (κ2) is 6.28. The molecular weight excluding hydrogens is 250 g/mol. The summed E-state index contributed by atoms with van der Waals surface area (Å²) in [7, 11) is 1.63. The average molecular weight is 271 g/mol. The molecule has 1 aromatic carbocycles. The number of pyridine rings is 1. The molecule has 0 saturated carbocycles. The standard InChI is InChI=1S/C16H21N3O/c1-12(2)19(11-13-6-4-5-7-15(13)17)14-8-9-18-16(10-14)20-3/h4-10,12H,11,17H2,1-3H3. The number of hydrogen-bond donors (Lipinski definition) is 1. The van der Waals surface area contributed by atoms with Crippen LogP contribution in [0.5, 0.6) is 5.88 Å². The third-order valence-electron chi connectivity index (χ3n) is 3.28. The number of benzene rings is 1. The highest BCUT2D eigenvalue weighted by atomic mass is 16.5. The fourth-order valence-electron chi connectivity index (χ4n) is 2.12. The van der Waals surface area contributed by atoms with E-state index in [-0.39, 0.29) is 0 Å². The van der Waals surface area contributed by atoms with Crippen molar-refractivity contribution >= 4 is 11.4 Å². The quantitative estimate of drug-likeness (QED) is 0.849. The summed E-state index contributed by atoms with van der Waals surface area (Å²) in [6.45, 7) is 5.08. The molecule has 0 aliphatic heterocycles. The Morgan fingerprint density at radius 2 is 2.00 bits per heavy atom. The van der Waals surface area contributed by atoms with Crippen molar-refractivity contribution in [3.63, 3.8) is 0 Å². The monoisotopic (exact) mass is 271 g/mol. The third kappa shape index (κ3) is 3.20. The van der Waals surface area contributed by atoms with Crippen LogP contribution < -0.4 is 15.4 Å². The molecule has 0 atom stereocenters. The van der Waals surface area contributed by atoms with Crippen molar-refractivity contribution in [1.29, 1.82) is 0 Å². The molecule has 2 rings (SSSR count). The number of anilines is 2. The summed E-state index contributed by atoms with van der Waals surface area (Å²) in [5, 5.41) is 0. The van der Waals surface area contributed by atoms with E-state index >= 15 is 0 Å². The average Bonchev–Trinajstić information content (AvgIpc) is 2.46. The van der Waals surface area contributed by atoms with Crippen molar-refractivity contribution in [3.05, 3.63) is 48.2 Å². The van der Waals surface area contributed by atoms with Gasteiger partial charge in [0.05, 0.1) is 7.11 Å². The molecule has 0 saturated heterocycles. The first-order valence-corrected chi connectivity index (χ1v) is 6.72. The molecule has 2 N–H and O–H groups in total. The van der Waals surface area contributed by atoms with Crippen LogP contribution in [0.1, 0.15) is 19.4 Å². The molecule has 0 fully saturated rings. The first-order chi connectivity index (χ1) is 9.61. The zero-order valence-corrected chi connectivity index (χ0v) is 12.2. The molecule has 0 spiro atoms. The van der Waals surface area contributed by atoms with Crippen LogP contribution in [0, 0.1) is 0 Å². The van der Waals surface area contributed by atoms with E-state index in [2.05, 4.69) is 29.8 Å². The van der Waals surface area contributed by atoms with Gasteiger partial charge >= 0.3 is 0 Å². The van der Waals surface area contributed by atoms with Crippen molar-refractivity contribution in [2.24, 2.45) is 0 Å². The summed E-state index contributed by atoms with van der Waals surface area (Å²) in [5.41, 5.74) is 9.06. The lowest BCUT2D eigenvalue weighted by molar-refractivity contribution is 0.397. The van der Waals surface area contributed by atoms with Gasteiger partial charge in [0.1, 0.15) is 0 Å².